The molecule has 4 aromatic rings. The maximum absolute atomic E-state index is 13.1. The zero-order valence-electron chi connectivity index (χ0n) is 14.6. The van der Waals surface area contributed by atoms with Crippen molar-refractivity contribution in [1.29, 1.82) is 0 Å². The average Bonchev–Trinajstić information content (AvgIpc) is 3.11. The number of anilines is 1. The van der Waals surface area contributed by atoms with Crippen LogP contribution in [0, 0.1) is 0 Å². The Morgan fingerprint density at radius 3 is 2.72 bits per heavy atom. The normalized spacial score (nSPS) is 11.7. The van der Waals surface area contributed by atoms with Crippen LogP contribution in [0.15, 0.2) is 53.6 Å². The first-order chi connectivity index (χ1) is 13.8. The predicted molar refractivity (Wildman–Crippen MR) is 104 cm³/mol. The third kappa shape index (κ3) is 3.81. The van der Waals surface area contributed by atoms with Crippen molar-refractivity contribution >= 4 is 28.3 Å². The number of nitrogens with one attached hydrogen (secondary N) is 3. The molecule has 0 bridgehead atoms. The fourth-order valence-electron chi connectivity index (χ4n) is 2.91. The number of H-pyrrole nitrogens is 2. The van der Waals surface area contributed by atoms with Gasteiger partial charge in [-0.2, -0.15) is 13.2 Å². The fourth-order valence-corrected chi connectivity index (χ4v) is 3.17. The SMILES string of the molecule is O=c1[nH]ccc(NCc2ccccn2)c1-c1nc2c(Cl)cc(C(F)(F)F)cc2[nH]1. The number of aromatic nitrogens is 4. The number of aromatic amines is 2. The maximum atomic E-state index is 13.1. The van der Waals surface area contributed by atoms with Gasteiger partial charge in [-0.05, 0) is 30.3 Å². The van der Waals surface area contributed by atoms with Crippen molar-refractivity contribution in [2.45, 2.75) is 12.7 Å². The number of rotatable bonds is 4. The summed E-state index contributed by atoms with van der Waals surface area (Å²) in [6.07, 6.45) is -1.44. The summed E-state index contributed by atoms with van der Waals surface area (Å²) in [5.74, 6) is 0.103. The highest BCUT2D eigenvalue weighted by Crippen LogP contribution is 2.35. The van der Waals surface area contributed by atoms with Crippen molar-refractivity contribution < 1.29 is 13.2 Å². The summed E-state index contributed by atoms with van der Waals surface area (Å²) in [4.78, 5) is 26.2. The molecule has 0 saturated carbocycles. The number of nitrogens with zero attached hydrogens (tertiary/aromatic N) is 2. The van der Waals surface area contributed by atoms with E-state index in [1.807, 2.05) is 12.1 Å². The molecule has 0 aliphatic carbocycles. The van der Waals surface area contributed by atoms with E-state index in [1.54, 1.807) is 18.3 Å². The fraction of sp³-hybridized carbons (Fsp3) is 0.105. The molecule has 0 radical (unpaired) electrons. The molecule has 0 amide bonds. The van der Waals surface area contributed by atoms with E-state index in [9.17, 15) is 18.0 Å². The van der Waals surface area contributed by atoms with Gasteiger partial charge in [0.2, 0.25) is 0 Å². The summed E-state index contributed by atoms with van der Waals surface area (Å²) < 4.78 is 39.2. The minimum Gasteiger partial charge on any atom is -0.379 e. The van der Waals surface area contributed by atoms with Crippen LogP contribution in [0.25, 0.3) is 22.4 Å². The molecule has 0 aliphatic rings. The van der Waals surface area contributed by atoms with Crippen LogP contribution in [-0.4, -0.2) is 19.9 Å². The van der Waals surface area contributed by atoms with Gasteiger partial charge >= 0.3 is 6.18 Å². The second-order valence-corrected chi connectivity index (χ2v) is 6.61. The van der Waals surface area contributed by atoms with Crippen molar-refractivity contribution in [3.63, 3.8) is 0 Å². The number of pyridine rings is 2. The summed E-state index contributed by atoms with van der Waals surface area (Å²) in [6, 6.07) is 8.80. The smallest absolute Gasteiger partial charge is 0.379 e. The van der Waals surface area contributed by atoms with Crippen molar-refractivity contribution in [3.8, 4) is 11.4 Å². The maximum Gasteiger partial charge on any atom is 0.416 e. The zero-order chi connectivity index (χ0) is 20.6. The van der Waals surface area contributed by atoms with Gasteiger partial charge in [-0.15, -0.1) is 0 Å². The number of benzene rings is 1. The second-order valence-electron chi connectivity index (χ2n) is 6.21. The van der Waals surface area contributed by atoms with Crippen molar-refractivity contribution in [2.24, 2.45) is 0 Å². The van der Waals surface area contributed by atoms with E-state index in [0.29, 0.717) is 12.2 Å². The summed E-state index contributed by atoms with van der Waals surface area (Å²) in [5.41, 5.74) is 0.228. The summed E-state index contributed by atoms with van der Waals surface area (Å²) in [5, 5.41) is 2.95. The standard InChI is InChI=1S/C19H13ClF3N5O/c20-12-7-10(19(21,22)23)8-14-16(12)28-17(27-14)15-13(4-6-25-18(15)29)26-9-11-3-1-2-5-24-11/h1-8H,9H2,(H,27,28)(H2,25,26,29). The topological polar surface area (TPSA) is 86.5 Å². The Hall–Kier alpha value is -3.33. The van der Waals surface area contributed by atoms with Crippen LogP contribution >= 0.6 is 11.6 Å². The highest BCUT2D eigenvalue weighted by Gasteiger charge is 2.32. The summed E-state index contributed by atoms with van der Waals surface area (Å²) in [7, 11) is 0. The molecule has 0 aliphatic heterocycles. The molecular formula is C19H13ClF3N5O. The lowest BCUT2D eigenvalue weighted by Gasteiger charge is -2.09. The Morgan fingerprint density at radius 1 is 1.17 bits per heavy atom. The first-order valence-corrected chi connectivity index (χ1v) is 8.83. The van der Waals surface area contributed by atoms with Crippen molar-refractivity contribution in [3.05, 3.63) is 75.4 Å². The van der Waals surface area contributed by atoms with Crippen LogP contribution in [0.1, 0.15) is 11.3 Å². The molecule has 1 aromatic carbocycles. The molecule has 4 rings (SSSR count). The Balaban J connectivity index is 1.77. The van der Waals surface area contributed by atoms with E-state index < -0.39 is 17.3 Å². The molecule has 3 N–H and O–H groups in total. The molecule has 3 heterocycles. The van der Waals surface area contributed by atoms with Gasteiger partial charge in [-0.25, -0.2) is 4.98 Å². The lowest BCUT2D eigenvalue weighted by molar-refractivity contribution is -0.137. The van der Waals surface area contributed by atoms with Crippen LogP contribution in [-0.2, 0) is 12.7 Å². The number of alkyl halides is 3. The van der Waals surface area contributed by atoms with E-state index in [0.717, 1.165) is 17.8 Å². The molecule has 0 unspecified atom stereocenters. The Bertz CT molecular complexity index is 1230. The van der Waals surface area contributed by atoms with Gasteiger partial charge in [-0.3, -0.25) is 9.78 Å². The van der Waals surface area contributed by atoms with E-state index in [-0.39, 0.29) is 27.4 Å². The van der Waals surface area contributed by atoms with E-state index in [2.05, 4.69) is 25.3 Å². The molecule has 0 atom stereocenters. The Kier molecular flexibility index (Phi) is 4.75. The predicted octanol–water partition coefficient (Wildman–Crippen LogP) is 4.60. The van der Waals surface area contributed by atoms with Crippen LogP contribution in [0.3, 0.4) is 0 Å². The molecule has 29 heavy (non-hydrogen) atoms. The molecule has 6 nitrogen and oxygen atoms in total. The average molecular weight is 420 g/mol. The van der Waals surface area contributed by atoms with Crippen LogP contribution in [0.5, 0.6) is 0 Å². The lowest BCUT2D eigenvalue weighted by Crippen LogP contribution is -2.13. The van der Waals surface area contributed by atoms with Crippen LogP contribution < -0.4 is 10.9 Å². The van der Waals surface area contributed by atoms with Crippen LogP contribution in [0.2, 0.25) is 5.02 Å². The highest BCUT2D eigenvalue weighted by atomic mass is 35.5. The molecule has 0 fully saturated rings. The number of halogens is 4. The number of imidazole rings is 1. The second kappa shape index (κ2) is 7.25. The van der Waals surface area contributed by atoms with Gasteiger partial charge in [-0.1, -0.05) is 17.7 Å². The molecule has 10 heteroatoms. The summed E-state index contributed by atoms with van der Waals surface area (Å²) >= 11 is 6.00. The first kappa shape index (κ1) is 19.0. The number of hydrogen-bond donors (Lipinski definition) is 3. The van der Waals surface area contributed by atoms with Crippen LogP contribution in [0.4, 0.5) is 18.9 Å². The zero-order valence-corrected chi connectivity index (χ0v) is 15.4. The molecule has 0 saturated heterocycles. The third-order valence-electron chi connectivity index (χ3n) is 4.25. The monoisotopic (exact) mass is 419 g/mol. The Morgan fingerprint density at radius 2 is 2.00 bits per heavy atom. The lowest BCUT2D eigenvalue weighted by atomic mass is 10.2. The third-order valence-corrected chi connectivity index (χ3v) is 4.54. The number of hydrogen-bond acceptors (Lipinski definition) is 4. The minimum absolute atomic E-state index is 0.0822. The van der Waals surface area contributed by atoms with Gasteiger partial charge in [0, 0.05) is 12.4 Å². The largest absolute Gasteiger partial charge is 0.416 e. The summed E-state index contributed by atoms with van der Waals surface area (Å²) in [6.45, 7) is 0.344. The van der Waals surface area contributed by atoms with E-state index in [1.165, 1.54) is 6.20 Å². The molecule has 3 aromatic heterocycles. The van der Waals surface area contributed by atoms with Crippen molar-refractivity contribution in [2.75, 3.05) is 5.32 Å². The molecular weight excluding hydrogens is 407 g/mol. The first-order valence-electron chi connectivity index (χ1n) is 8.45. The van der Waals surface area contributed by atoms with E-state index in [4.69, 9.17) is 11.6 Å². The van der Waals surface area contributed by atoms with Gasteiger partial charge in [0.1, 0.15) is 16.9 Å². The van der Waals surface area contributed by atoms with Crippen molar-refractivity contribution in [1.82, 2.24) is 19.9 Å². The quantitative estimate of drug-likeness (QED) is 0.451. The highest BCUT2D eigenvalue weighted by molar-refractivity contribution is 6.35. The van der Waals surface area contributed by atoms with Gasteiger partial charge in [0.15, 0.2) is 0 Å². The van der Waals surface area contributed by atoms with Gasteiger partial charge in [0.05, 0.1) is 34.0 Å². The van der Waals surface area contributed by atoms with Gasteiger partial charge in [0.25, 0.3) is 5.56 Å². The Labute approximate surface area is 166 Å². The van der Waals surface area contributed by atoms with E-state index >= 15 is 0 Å². The minimum atomic E-state index is -4.55. The van der Waals surface area contributed by atoms with Gasteiger partial charge < -0.3 is 15.3 Å². The molecule has 148 valence electrons. The molecule has 0 spiro atoms. The number of fused-ring (bicyclic) bond motifs is 1.